The Kier molecular flexibility index (Phi) is 5.03. The van der Waals surface area contributed by atoms with Crippen LogP contribution in [-0.2, 0) is 19.7 Å². The first-order chi connectivity index (χ1) is 14.1. The summed E-state index contributed by atoms with van der Waals surface area (Å²) < 4.78 is 10.9. The summed E-state index contributed by atoms with van der Waals surface area (Å²) in [4.78, 5) is 39.3. The minimum absolute atomic E-state index is 0.00494. The van der Waals surface area contributed by atoms with E-state index in [1.807, 2.05) is 37.8 Å². The molecule has 1 aliphatic carbocycles. The molecule has 162 valence electrons. The molecule has 3 atom stereocenters. The average molecular weight is 415 g/mol. The van der Waals surface area contributed by atoms with Crippen molar-refractivity contribution < 1.29 is 23.9 Å². The van der Waals surface area contributed by atoms with Gasteiger partial charge in [0.1, 0.15) is 17.5 Å². The minimum atomic E-state index is -0.495. The van der Waals surface area contributed by atoms with Crippen LogP contribution in [-0.4, -0.2) is 54.2 Å². The second-order valence-corrected chi connectivity index (χ2v) is 9.82. The van der Waals surface area contributed by atoms with Crippen molar-refractivity contribution in [3.8, 4) is 0 Å². The molecule has 0 bridgehead atoms. The van der Waals surface area contributed by atoms with Crippen molar-refractivity contribution in [2.45, 2.75) is 64.1 Å². The van der Waals surface area contributed by atoms with Crippen LogP contribution >= 0.6 is 0 Å². The van der Waals surface area contributed by atoms with Gasteiger partial charge in [0, 0.05) is 30.6 Å². The van der Waals surface area contributed by atoms with Crippen LogP contribution in [0.4, 0.5) is 15.3 Å². The lowest BCUT2D eigenvalue weighted by Gasteiger charge is -2.26. The highest BCUT2D eigenvalue weighted by Gasteiger charge is 2.62. The van der Waals surface area contributed by atoms with E-state index >= 15 is 0 Å². The van der Waals surface area contributed by atoms with Crippen LogP contribution < -0.4 is 4.90 Å². The van der Waals surface area contributed by atoms with E-state index in [0.29, 0.717) is 31.8 Å². The number of ketones is 1. The average Bonchev–Trinajstić information content (AvgIpc) is 3.03. The van der Waals surface area contributed by atoms with Crippen LogP contribution in [0.25, 0.3) is 0 Å². The number of hydrogen-bond donors (Lipinski definition) is 0. The number of ether oxygens (including phenoxy) is 2. The Labute approximate surface area is 177 Å². The van der Waals surface area contributed by atoms with E-state index in [4.69, 9.17) is 9.47 Å². The van der Waals surface area contributed by atoms with Crippen molar-refractivity contribution in [3.05, 3.63) is 29.8 Å². The zero-order chi connectivity index (χ0) is 21.7. The SMILES string of the molecule is CC(=O)CC[C@H]1CN(c2ccc(C34CC3CN(C(=O)OC(C)(C)C)C4)cc2)C(=O)O1. The van der Waals surface area contributed by atoms with Gasteiger partial charge in [0.15, 0.2) is 0 Å². The summed E-state index contributed by atoms with van der Waals surface area (Å²) in [5.74, 6) is 0.563. The van der Waals surface area contributed by atoms with Gasteiger partial charge in [-0.05, 0) is 64.2 Å². The molecule has 30 heavy (non-hydrogen) atoms. The van der Waals surface area contributed by atoms with Crippen LogP contribution in [0, 0.1) is 5.92 Å². The van der Waals surface area contributed by atoms with Crippen molar-refractivity contribution in [3.63, 3.8) is 0 Å². The molecule has 3 aliphatic rings. The van der Waals surface area contributed by atoms with Gasteiger partial charge in [-0.15, -0.1) is 0 Å². The molecule has 0 radical (unpaired) electrons. The molecule has 2 aliphatic heterocycles. The minimum Gasteiger partial charge on any atom is -0.444 e. The maximum atomic E-state index is 12.4. The maximum Gasteiger partial charge on any atom is 0.414 e. The molecule has 0 N–H and O–H groups in total. The van der Waals surface area contributed by atoms with Crippen molar-refractivity contribution >= 4 is 23.7 Å². The van der Waals surface area contributed by atoms with Gasteiger partial charge >= 0.3 is 12.2 Å². The lowest BCUT2D eigenvalue weighted by molar-refractivity contribution is -0.117. The number of rotatable bonds is 5. The van der Waals surface area contributed by atoms with Gasteiger partial charge in [-0.1, -0.05) is 12.1 Å². The number of cyclic esters (lactones) is 1. The van der Waals surface area contributed by atoms with Crippen LogP contribution in [0.15, 0.2) is 24.3 Å². The largest absolute Gasteiger partial charge is 0.444 e. The molecule has 2 amide bonds. The number of Topliss-reactive ketones (excluding diaryl/α,β-unsaturated/α-hetero) is 1. The number of carbonyl (C=O) groups excluding carboxylic acids is 3. The third-order valence-corrected chi connectivity index (χ3v) is 6.24. The third kappa shape index (κ3) is 4.02. The number of fused-ring (bicyclic) bond motifs is 1. The van der Waals surface area contributed by atoms with Crippen molar-refractivity contribution in [2.75, 3.05) is 24.5 Å². The van der Waals surface area contributed by atoms with Crippen molar-refractivity contribution in [1.82, 2.24) is 4.90 Å². The summed E-state index contributed by atoms with van der Waals surface area (Å²) in [6.45, 7) is 9.05. The summed E-state index contributed by atoms with van der Waals surface area (Å²) in [6.07, 6.45) is 1.19. The summed E-state index contributed by atoms with van der Waals surface area (Å²) >= 11 is 0. The molecule has 1 aromatic rings. The van der Waals surface area contributed by atoms with Gasteiger partial charge in [-0.25, -0.2) is 9.59 Å². The molecule has 1 saturated carbocycles. The van der Waals surface area contributed by atoms with Crippen molar-refractivity contribution in [2.24, 2.45) is 5.92 Å². The molecule has 2 unspecified atom stereocenters. The van der Waals surface area contributed by atoms with E-state index in [2.05, 4.69) is 12.1 Å². The molecule has 7 nitrogen and oxygen atoms in total. The smallest absolute Gasteiger partial charge is 0.414 e. The standard InChI is InChI=1S/C23H30N2O5/c1-15(26)5-10-19-13-25(21(28)29-19)18-8-6-16(7-9-18)23-11-17(23)12-24(14-23)20(27)30-22(2,3)4/h6-9,17,19H,5,10-14H2,1-4H3/t17?,19-,23?/m0/s1. The lowest BCUT2D eigenvalue weighted by atomic mass is 9.95. The molecular weight excluding hydrogens is 384 g/mol. The number of anilines is 1. The zero-order valence-electron chi connectivity index (χ0n) is 18.1. The Morgan fingerprint density at radius 1 is 1.20 bits per heavy atom. The molecule has 2 saturated heterocycles. The van der Waals surface area contributed by atoms with Gasteiger partial charge in [-0.2, -0.15) is 0 Å². The predicted molar refractivity (Wildman–Crippen MR) is 112 cm³/mol. The summed E-state index contributed by atoms with van der Waals surface area (Å²) in [5, 5.41) is 0. The molecule has 3 fully saturated rings. The van der Waals surface area contributed by atoms with Crippen LogP contribution in [0.3, 0.4) is 0 Å². The first-order valence-electron chi connectivity index (χ1n) is 10.6. The van der Waals surface area contributed by atoms with E-state index in [9.17, 15) is 14.4 Å². The first-order valence-corrected chi connectivity index (χ1v) is 10.6. The van der Waals surface area contributed by atoms with E-state index in [0.717, 1.165) is 18.7 Å². The summed E-state index contributed by atoms with van der Waals surface area (Å²) in [7, 11) is 0. The Hall–Kier alpha value is -2.57. The number of carbonyl (C=O) groups is 3. The Bertz CT molecular complexity index is 859. The van der Waals surface area contributed by atoms with Gasteiger partial charge in [-0.3, -0.25) is 4.90 Å². The number of piperidine rings is 1. The van der Waals surface area contributed by atoms with Crippen LogP contribution in [0.1, 0.15) is 52.5 Å². The highest BCUT2D eigenvalue weighted by molar-refractivity contribution is 5.89. The Morgan fingerprint density at radius 2 is 1.90 bits per heavy atom. The number of nitrogens with zero attached hydrogens (tertiary/aromatic N) is 2. The maximum absolute atomic E-state index is 12.4. The monoisotopic (exact) mass is 414 g/mol. The fourth-order valence-electron chi connectivity index (χ4n) is 4.62. The molecule has 0 spiro atoms. The Morgan fingerprint density at radius 3 is 2.53 bits per heavy atom. The summed E-state index contributed by atoms with van der Waals surface area (Å²) in [6, 6.07) is 8.02. The van der Waals surface area contributed by atoms with Gasteiger partial charge < -0.3 is 19.2 Å². The highest BCUT2D eigenvalue weighted by atomic mass is 16.6. The molecule has 2 heterocycles. The fourth-order valence-corrected chi connectivity index (χ4v) is 4.62. The topological polar surface area (TPSA) is 76.2 Å². The first kappa shape index (κ1) is 20.7. The van der Waals surface area contributed by atoms with Gasteiger partial charge in [0.2, 0.25) is 0 Å². The second-order valence-electron chi connectivity index (χ2n) is 9.82. The van der Waals surface area contributed by atoms with Gasteiger partial charge in [0.05, 0.1) is 6.54 Å². The number of likely N-dealkylation sites (tertiary alicyclic amines) is 1. The quantitative estimate of drug-likeness (QED) is 0.731. The van der Waals surface area contributed by atoms with Crippen molar-refractivity contribution in [1.29, 1.82) is 0 Å². The Balaban J connectivity index is 1.40. The van der Waals surface area contributed by atoms with E-state index < -0.39 is 5.60 Å². The van der Waals surface area contributed by atoms with E-state index in [1.165, 1.54) is 5.56 Å². The highest BCUT2D eigenvalue weighted by Crippen LogP contribution is 2.59. The van der Waals surface area contributed by atoms with Crippen LogP contribution in [0.2, 0.25) is 0 Å². The van der Waals surface area contributed by atoms with Crippen LogP contribution in [0.5, 0.6) is 0 Å². The molecule has 4 rings (SSSR count). The second kappa shape index (κ2) is 7.29. The third-order valence-electron chi connectivity index (χ3n) is 6.24. The number of amides is 2. The molecular formula is C23H30N2O5. The fraction of sp³-hybridized carbons (Fsp3) is 0.609. The normalized spacial score (nSPS) is 27.7. The molecule has 1 aromatic carbocycles. The molecule has 0 aromatic heterocycles. The number of benzene rings is 1. The predicted octanol–water partition coefficient (Wildman–Crippen LogP) is 3.89. The summed E-state index contributed by atoms with van der Waals surface area (Å²) in [5.41, 5.74) is 1.50. The molecule has 7 heteroatoms. The number of hydrogen-bond acceptors (Lipinski definition) is 5. The van der Waals surface area contributed by atoms with Gasteiger partial charge in [0.25, 0.3) is 0 Å². The van der Waals surface area contributed by atoms with E-state index in [-0.39, 0.29) is 29.5 Å². The zero-order valence-corrected chi connectivity index (χ0v) is 18.1. The van der Waals surface area contributed by atoms with E-state index in [1.54, 1.807) is 11.8 Å². The lowest BCUT2D eigenvalue weighted by Crippen LogP contribution is -2.37.